The highest BCUT2D eigenvalue weighted by atomic mass is 32.2. The number of benzene rings is 2. The minimum absolute atomic E-state index is 0.000817. The Morgan fingerprint density at radius 1 is 1.10 bits per heavy atom. The number of anilines is 1. The standard InChI is InChI=1S/C13H8F3NO3S/c14-10-5-8(6-11(15)12(10)16)17-13(18)7-2-1-3-9(4-7)21(19)20/h1-6H,(H,17,18)(H,19,20). The smallest absolute Gasteiger partial charge is 0.255 e. The Balaban J connectivity index is 2.26. The molecule has 0 aliphatic heterocycles. The third-order valence-corrected chi connectivity index (χ3v) is 3.20. The van der Waals surface area contributed by atoms with Crippen LogP contribution >= 0.6 is 0 Å². The first-order valence-corrected chi connectivity index (χ1v) is 6.66. The lowest BCUT2D eigenvalue weighted by molar-refractivity contribution is 0.102. The van der Waals surface area contributed by atoms with E-state index in [0.717, 1.165) is 6.07 Å². The van der Waals surface area contributed by atoms with Gasteiger partial charge in [0.05, 0.1) is 4.90 Å². The van der Waals surface area contributed by atoms with Gasteiger partial charge in [-0.3, -0.25) is 4.79 Å². The summed E-state index contributed by atoms with van der Waals surface area (Å²) in [4.78, 5) is 11.9. The largest absolute Gasteiger partial charge is 0.322 e. The Hall–Kier alpha value is -2.19. The van der Waals surface area contributed by atoms with Gasteiger partial charge in [-0.15, -0.1) is 0 Å². The van der Waals surface area contributed by atoms with E-state index < -0.39 is 34.4 Å². The van der Waals surface area contributed by atoms with E-state index >= 15 is 0 Å². The van der Waals surface area contributed by atoms with Crippen molar-refractivity contribution in [1.82, 2.24) is 0 Å². The summed E-state index contributed by atoms with van der Waals surface area (Å²) in [6, 6.07) is 6.48. The first-order chi connectivity index (χ1) is 9.88. The van der Waals surface area contributed by atoms with Crippen LogP contribution in [-0.4, -0.2) is 14.7 Å². The summed E-state index contributed by atoms with van der Waals surface area (Å²) in [6.07, 6.45) is 0. The van der Waals surface area contributed by atoms with Crippen molar-refractivity contribution in [2.24, 2.45) is 0 Å². The minimum Gasteiger partial charge on any atom is -0.322 e. The van der Waals surface area contributed by atoms with Gasteiger partial charge in [-0.2, -0.15) is 0 Å². The van der Waals surface area contributed by atoms with Crippen molar-refractivity contribution < 1.29 is 26.7 Å². The van der Waals surface area contributed by atoms with Crippen LogP contribution in [0, 0.1) is 17.5 Å². The molecule has 2 rings (SSSR count). The van der Waals surface area contributed by atoms with Gasteiger partial charge in [0.15, 0.2) is 28.5 Å². The zero-order valence-electron chi connectivity index (χ0n) is 10.3. The van der Waals surface area contributed by atoms with Crippen LogP contribution < -0.4 is 5.32 Å². The zero-order valence-corrected chi connectivity index (χ0v) is 11.1. The fourth-order valence-electron chi connectivity index (χ4n) is 1.58. The highest BCUT2D eigenvalue weighted by Gasteiger charge is 2.13. The minimum atomic E-state index is -2.26. The van der Waals surface area contributed by atoms with Crippen molar-refractivity contribution in [1.29, 1.82) is 0 Å². The number of halogens is 3. The van der Waals surface area contributed by atoms with E-state index in [1.165, 1.54) is 18.2 Å². The Kier molecular flexibility index (Phi) is 4.39. The third-order valence-electron chi connectivity index (χ3n) is 2.54. The Morgan fingerprint density at radius 2 is 1.71 bits per heavy atom. The van der Waals surface area contributed by atoms with Gasteiger partial charge in [-0.1, -0.05) is 6.07 Å². The average molecular weight is 315 g/mol. The summed E-state index contributed by atoms with van der Waals surface area (Å²) in [5.74, 6) is -5.26. The predicted molar refractivity (Wildman–Crippen MR) is 69.7 cm³/mol. The first-order valence-electron chi connectivity index (χ1n) is 5.55. The van der Waals surface area contributed by atoms with Crippen molar-refractivity contribution in [3.8, 4) is 0 Å². The van der Waals surface area contributed by atoms with Gasteiger partial charge in [0.2, 0.25) is 0 Å². The number of carbonyl (C=O) groups is 1. The summed E-state index contributed by atoms with van der Waals surface area (Å²) in [7, 11) is 0. The molecular weight excluding hydrogens is 307 g/mol. The van der Waals surface area contributed by atoms with Crippen LogP contribution in [-0.2, 0) is 11.1 Å². The molecular formula is C13H8F3NO3S. The molecule has 4 nitrogen and oxygen atoms in total. The lowest BCUT2D eigenvalue weighted by atomic mass is 10.2. The topological polar surface area (TPSA) is 66.4 Å². The van der Waals surface area contributed by atoms with Crippen LogP contribution in [0.15, 0.2) is 41.3 Å². The molecule has 0 aliphatic rings. The number of carbonyl (C=O) groups excluding carboxylic acids is 1. The van der Waals surface area contributed by atoms with Gasteiger partial charge < -0.3 is 9.87 Å². The maximum atomic E-state index is 13.0. The molecule has 2 N–H and O–H groups in total. The number of hydrogen-bond donors (Lipinski definition) is 2. The molecule has 110 valence electrons. The summed E-state index contributed by atoms with van der Waals surface area (Å²) in [5, 5.41) is 2.17. The normalized spacial score (nSPS) is 12.0. The molecule has 1 atom stereocenters. The summed E-state index contributed by atoms with van der Waals surface area (Å²) in [6.45, 7) is 0. The molecule has 0 fully saturated rings. The lowest BCUT2D eigenvalue weighted by Crippen LogP contribution is -2.13. The van der Waals surface area contributed by atoms with E-state index in [1.807, 2.05) is 0 Å². The Bertz CT molecular complexity index is 713. The monoisotopic (exact) mass is 315 g/mol. The molecule has 0 spiro atoms. The first kappa shape index (κ1) is 15.2. The van der Waals surface area contributed by atoms with E-state index in [2.05, 4.69) is 5.32 Å². The predicted octanol–water partition coefficient (Wildman–Crippen LogP) is 2.94. The second-order valence-electron chi connectivity index (χ2n) is 3.98. The molecule has 0 heterocycles. The highest BCUT2D eigenvalue weighted by Crippen LogP contribution is 2.18. The number of amides is 1. The molecule has 1 unspecified atom stereocenters. The van der Waals surface area contributed by atoms with E-state index in [1.54, 1.807) is 0 Å². The van der Waals surface area contributed by atoms with Crippen molar-refractivity contribution in [3.05, 3.63) is 59.4 Å². The second kappa shape index (κ2) is 6.06. The second-order valence-corrected chi connectivity index (χ2v) is 4.95. The molecule has 0 radical (unpaired) electrons. The molecule has 2 aromatic carbocycles. The number of rotatable bonds is 3. The molecule has 0 saturated heterocycles. The van der Waals surface area contributed by atoms with Gasteiger partial charge in [0, 0.05) is 23.4 Å². The van der Waals surface area contributed by atoms with Gasteiger partial charge in [0.25, 0.3) is 5.91 Å². The maximum absolute atomic E-state index is 13.0. The lowest BCUT2D eigenvalue weighted by Gasteiger charge is -2.07. The third kappa shape index (κ3) is 3.47. The van der Waals surface area contributed by atoms with Gasteiger partial charge in [-0.25, -0.2) is 17.4 Å². The quantitative estimate of drug-likeness (QED) is 0.676. The molecule has 1 amide bonds. The van der Waals surface area contributed by atoms with Crippen LogP contribution in [0.25, 0.3) is 0 Å². The molecule has 21 heavy (non-hydrogen) atoms. The molecule has 0 aromatic heterocycles. The Labute approximate surface area is 119 Å². The highest BCUT2D eigenvalue weighted by molar-refractivity contribution is 7.79. The average Bonchev–Trinajstić information content (AvgIpc) is 2.44. The maximum Gasteiger partial charge on any atom is 0.255 e. The fourth-order valence-corrected chi connectivity index (χ4v) is 2.00. The van der Waals surface area contributed by atoms with E-state index in [-0.39, 0.29) is 16.1 Å². The van der Waals surface area contributed by atoms with Crippen LogP contribution in [0.2, 0.25) is 0 Å². The molecule has 0 saturated carbocycles. The fraction of sp³-hybridized carbons (Fsp3) is 0. The number of hydrogen-bond acceptors (Lipinski definition) is 2. The molecule has 0 bridgehead atoms. The van der Waals surface area contributed by atoms with E-state index in [0.29, 0.717) is 12.1 Å². The van der Waals surface area contributed by atoms with Crippen molar-refractivity contribution in [2.75, 3.05) is 5.32 Å². The van der Waals surface area contributed by atoms with Crippen molar-refractivity contribution >= 4 is 22.7 Å². The van der Waals surface area contributed by atoms with Crippen LogP contribution in [0.1, 0.15) is 10.4 Å². The Morgan fingerprint density at radius 3 is 2.29 bits per heavy atom. The van der Waals surface area contributed by atoms with Gasteiger partial charge in [-0.05, 0) is 18.2 Å². The summed E-state index contributed by atoms with van der Waals surface area (Å²) in [5.41, 5.74) is -0.257. The van der Waals surface area contributed by atoms with Crippen molar-refractivity contribution in [3.63, 3.8) is 0 Å². The van der Waals surface area contributed by atoms with Crippen LogP contribution in [0.5, 0.6) is 0 Å². The molecule has 2 aromatic rings. The summed E-state index contributed by atoms with van der Waals surface area (Å²) < 4.78 is 58.7. The zero-order chi connectivity index (χ0) is 15.6. The van der Waals surface area contributed by atoms with Crippen LogP contribution in [0.4, 0.5) is 18.9 Å². The van der Waals surface area contributed by atoms with Gasteiger partial charge >= 0.3 is 0 Å². The van der Waals surface area contributed by atoms with Gasteiger partial charge in [0.1, 0.15) is 0 Å². The molecule has 8 heteroatoms. The SMILES string of the molecule is O=C(Nc1cc(F)c(F)c(F)c1)c1cccc(S(=O)O)c1. The summed E-state index contributed by atoms with van der Waals surface area (Å²) >= 11 is -2.26. The van der Waals surface area contributed by atoms with E-state index in [4.69, 9.17) is 4.55 Å². The molecule has 0 aliphatic carbocycles. The van der Waals surface area contributed by atoms with E-state index in [9.17, 15) is 22.2 Å². The van der Waals surface area contributed by atoms with Crippen molar-refractivity contribution in [2.45, 2.75) is 4.90 Å². The number of nitrogens with one attached hydrogen (secondary N) is 1. The van der Waals surface area contributed by atoms with Crippen LogP contribution in [0.3, 0.4) is 0 Å².